The molecule has 2 aliphatic rings. The molecule has 2 heterocycles. The first-order valence-corrected chi connectivity index (χ1v) is 6.98. The van der Waals surface area contributed by atoms with Gasteiger partial charge in [-0.25, -0.2) is 4.79 Å². The summed E-state index contributed by atoms with van der Waals surface area (Å²) in [5.74, 6) is -0.550. The second kappa shape index (κ2) is 4.73. The van der Waals surface area contributed by atoms with Crippen LogP contribution in [0.3, 0.4) is 0 Å². The predicted molar refractivity (Wildman–Crippen MR) is 76.1 cm³/mol. The van der Waals surface area contributed by atoms with Crippen molar-refractivity contribution in [2.45, 2.75) is 18.9 Å². The minimum atomic E-state index is -0.987. The molecule has 2 aliphatic heterocycles. The Bertz CT molecular complexity index is 661. The number of nitrogens with one attached hydrogen (secondary N) is 2. The lowest BCUT2D eigenvalue weighted by atomic mass is 9.99. The van der Waals surface area contributed by atoms with Crippen LogP contribution in [0.4, 0.5) is 4.79 Å². The van der Waals surface area contributed by atoms with Crippen molar-refractivity contribution in [1.29, 1.82) is 0 Å². The number of rotatable bonds is 1. The van der Waals surface area contributed by atoms with E-state index in [-0.39, 0.29) is 18.4 Å². The average molecular weight is 308 g/mol. The summed E-state index contributed by atoms with van der Waals surface area (Å²) in [6, 6.07) is 4.63. The van der Waals surface area contributed by atoms with Crippen LogP contribution in [0.5, 0.6) is 0 Å². The summed E-state index contributed by atoms with van der Waals surface area (Å²) in [5, 5.41) is 5.33. The molecule has 0 saturated carbocycles. The molecule has 2 fully saturated rings. The Balaban J connectivity index is 1.83. The van der Waals surface area contributed by atoms with Gasteiger partial charge in [0.25, 0.3) is 11.8 Å². The van der Waals surface area contributed by atoms with Crippen LogP contribution in [0, 0.1) is 6.92 Å². The number of hydrogen-bond acceptors (Lipinski definition) is 3. The van der Waals surface area contributed by atoms with Crippen molar-refractivity contribution in [3.8, 4) is 0 Å². The standard InChI is InChI=1S/C14H14ClN3O3/c1-8-2-3-9(15)6-10(8)11(19)18-5-4-14(7-18)12(20)16-13(21)17-14/h2-3,6H,4-5,7H2,1H3,(H2,16,17,20,21). The molecule has 1 aromatic carbocycles. The molecule has 2 saturated heterocycles. The third-order valence-electron chi connectivity index (χ3n) is 4.00. The van der Waals surface area contributed by atoms with E-state index in [1.165, 1.54) is 0 Å². The third kappa shape index (κ3) is 2.25. The van der Waals surface area contributed by atoms with Crippen molar-refractivity contribution in [1.82, 2.24) is 15.5 Å². The van der Waals surface area contributed by atoms with Crippen molar-refractivity contribution in [3.05, 3.63) is 34.3 Å². The number of benzene rings is 1. The van der Waals surface area contributed by atoms with E-state index in [0.29, 0.717) is 23.6 Å². The lowest BCUT2D eigenvalue weighted by molar-refractivity contribution is -0.123. The monoisotopic (exact) mass is 307 g/mol. The third-order valence-corrected chi connectivity index (χ3v) is 4.24. The highest BCUT2D eigenvalue weighted by Crippen LogP contribution is 2.27. The topological polar surface area (TPSA) is 78.5 Å². The maximum Gasteiger partial charge on any atom is 0.322 e. The zero-order valence-corrected chi connectivity index (χ0v) is 12.2. The van der Waals surface area contributed by atoms with Crippen LogP contribution >= 0.6 is 11.6 Å². The molecule has 0 aromatic heterocycles. The van der Waals surface area contributed by atoms with Crippen molar-refractivity contribution in [3.63, 3.8) is 0 Å². The molecule has 4 amide bonds. The van der Waals surface area contributed by atoms with E-state index in [1.54, 1.807) is 23.1 Å². The first-order valence-electron chi connectivity index (χ1n) is 6.60. The van der Waals surface area contributed by atoms with E-state index in [2.05, 4.69) is 10.6 Å². The fraction of sp³-hybridized carbons (Fsp3) is 0.357. The summed E-state index contributed by atoms with van der Waals surface area (Å²) in [7, 11) is 0. The highest BCUT2D eigenvalue weighted by Gasteiger charge is 2.51. The molecule has 0 aliphatic carbocycles. The minimum absolute atomic E-state index is 0.176. The molecule has 6 nitrogen and oxygen atoms in total. The van der Waals surface area contributed by atoms with Gasteiger partial charge >= 0.3 is 6.03 Å². The number of nitrogens with zero attached hydrogens (tertiary/aromatic N) is 1. The van der Waals surface area contributed by atoms with Gasteiger partial charge in [-0.1, -0.05) is 17.7 Å². The van der Waals surface area contributed by atoms with Crippen LogP contribution in [0.1, 0.15) is 22.3 Å². The zero-order chi connectivity index (χ0) is 15.2. The van der Waals surface area contributed by atoms with Gasteiger partial charge in [0.1, 0.15) is 5.54 Å². The Morgan fingerprint density at radius 2 is 2.14 bits per heavy atom. The summed E-state index contributed by atoms with van der Waals surface area (Å²) in [4.78, 5) is 37.3. The highest BCUT2D eigenvalue weighted by atomic mass is 35.5. The van der Waals surface area contributed by atoms with Crippen molar-refractivity contribution >= 4 is 29.4 Å². The Hall–Kier alpha value is -2.08. The first-order chi connectivity index (χ1) is 9.91. The van der Waals surface area contributed by atoms with Gasteiger partial charge in [-0.15, -0.1) is 0 Å². The van der Waals surface area contributed by atoms with Crippen LogP contribution in [0.25, 0.3) is 0 Å². The Morgan fingerprint density at radius 1 is 1.38 bits per heavy atom. The van der Waals surface area contributed by atoms with E-state index < -0.39 is 11.6 Å². The Morgan fingerprint density at radius 3 is 2.81 bits per heavy atom. The maximum absolute atomic E-state index is 12.6. The summed E-state index contributed by atoms with van der Waals surface area (Å²) < 4.78 is 0. The van der Waals surface area contributed by atoms with Gasteiger partial charge in [-0.2, -0.15) is 0 Å². The van der Waals surface area contributed by atoms with Crippen molar-refractivity contribution in [2.24, 2.45) is 0 Å². The van der Waals surface area contributed by atoms with E-state index in [0.717, 1.165) is 5.56 Å². The summed E-state index contributed by atoms with van der Waals surface area (Å²) in [5.41, 5.74) is 0.355. The molecule has 2 N–H and O–H groups in total. The highest BCUT2D eigenvalue weighted by molar-refractivity contribution is 6.31. The van der Waals surface area contributed by atoms with E-state index in [1.807, 2.05) is 6.92 Å². The second-order valence-electron chi connectivity index (χ2n) is 5.43. The van der Waals surface area contributed by atoms with Crippen LogP contribution in [-0.2, 0) is 4.79 Å². The Labute approximate surface area is 126 Å². The van der Waals surface area contributed by atoms with Crippen LogP contribution in [0.2, 0.25) is 5.02 Å². The van der Waals surface area contributed by atoms with E-state index in [9.17, 15) is 14.4 Å². The minimum Gasteiger partial charge on any atom is -0.336 e. The van der Waals surface area contributed by atoms with Crippen molar-refractivity contribution in [2.75, 3.05) is 13.1 Å². The van der Waals surface area contributed by atoms with Crippen LogP contribution in [-0.4, -0.2) is 41.4 Å². The molecule has 1 aromatic rings. The van der Waals surface area contributed by atoms with Crippen LogP contribution < -0.4 is 10.6 Å². The normalized spacial score (nSPS) is 24.4. The SMILES string of the molecule is Cc1ccc(Cl)cc1C(=O)N1CCC2(C1)NC(=O)NC2=O. The van der Waals surface area contributed by atoms with Crippen molar-refractivity contribution < 1.29 is 14.4 Å². The molecule has 1 unspecified atom stereocenters. The van der Waals surface area contributed by atoms with E-state index >= 15 is 0 Å². The molecule has 3 rings (SSSR count). The molecule has 7 heteroatoms. The molecule has 110 valence electrons. The number of halogens is 1. The van der Waals surface area contributed by atoms with Gasteiger partial charge in [0.2, 0.25) is 0 Å². The second-order valence-corrected chi connectivity index (χ2v) is 5.86. The zero-order valence-electron chi connectivity index (χ0n) is 11.4. The summed E-state index contributed by atoms with van der Waals surface area (Å²) in [6.45, 7) is 2.42. The smallest absolute Gasteiger partial charge is 0.322 e. The number of likely N-dealkylation sites (tertiary alicyclic amines) is 1. The quantitative estimate of drug-likeness (QED) is 0.762. The van der Waals surface area contributed by atoms with Gasteiger partial charge in [-0.05, 0) is 31.0 Å². The number of amides is 4. The fourth-order valence-electron chi connectivity index (χ4n) is 2.79. The fourth-order valence-corrected chi connectivity index (χ4v) is 2.97. The van der Waals surface area contributed by atoms with Gasteiger partial charge in [0, 0.05) is 17.1 Å². The van der Waals surface area contributed by atoms with Gasteiger partial charge in [0.15, 0.2) is 0 Å². The van der Waals surface area contributed by atoms with E-state index in [4.69, 9.17) is 11.6 Å². The molecule has 1 spiro atoms. The molecule has 0 bridgehead atoms. The molecule has 1 atom stereocenters. The summed E-state index contributed by atoms with van der Waals surface area (Å²) >= 11 is 5.94. The molecular weight excluding hydrogens is 294 g/mol. The number of aryl methyl sites for hydroxylation is 1. The number of imide groups is 1. The largest absolute Gasteiger partial charge is 0.336 e. The number of hydrogen-bond donors (Lipinski definition) is 2. The lowest BCUT2D eigenvalue weighted by Gasteiger charge is -2.21. The number of carbonyl (C=O) groups excluding carboxylic acids is 3. The van der Waals surface area contributed by atoms with Crippen LogP contribution in [0.15, 0.2) is 18.2 Å². The van der Waals surface area contributed by atoms with Gasteiger partial charge < -0.3 is 10.2 Å². The first kappa shape index (κ1) is 13.9. The van der Waals surface area contributed by atoms with Gasteiger partial charge in [0.05, 0.1) is 6.54 Å². The summed E-state index contributed by atoms with van der Waals surface area (Å²) in [6.07, 6.45) is 0.413. The number of carbonyl (C=O) groups is 3. The average Bonchev–Trinajstić information content (AvgIpc) is 2.97. The number of urea groups is 1. The lowest BCUT2D eigenvalue weighted by Crippen LogP contribution is -2.49. The molecule has 0 radical (unpaired) electrons. The Kier molecular flexibility index (Phi) is 3.13. The van der Waals surface area contributed by atoms with Gasteiger partial charge in [-0.3, -0.25) is 14.9 Å². The predicted octanol–water partition coefficient (Wildman–Crippen LogP) is 1.07. The molecule has 21 heavy (non-hydrogen) atoms. The molecular formula is C14H14ClN3O3. The maximum atomic E-state index is 12.6.